The van der Waals surface area contributed by atoms with Crippen LogP contribution in [0.5, 0.6) is 0 Å². The minimum absolute atomic E-state index is 0.00963. The summed E-state index contributed by atoms with van der Waals surface area (Å²) in [7, 11) is 0. The van der Waals surface area contributed by atoms with E-state index in [1.807, 2.05) is 0 Å². The number of anilines is 1. The van der Waals surface area contributed by atoms with Gasteiger partial charge in [0, 0.05) is 12.1 Å². The number of amides is 1. The summed E-state index contributed by atoms with van der Waals surface area (Å²) in [6, 6.07) is 11.0. The van der Waals surface area contributed by atoms with Gasteiger partial charge >= 0.3 is 5.97 Å². The quantitative estimate of drug-likeness (QED) is 0.376. The lowest BCUT2D eigenvalue weighted by Gasteiger charge is -2.05. The number of hydrogen-bond donors (Lipinski definition) is 1. The average molecular weight is 344 g/mol. The molecule has 0 aliphatic heterocycles. The molecule has 25 heavy (non-hydrogen) atoms. The predicted octanol–water partition coefficient (Wildman–Crippen LogP) is 2.93. The van der Waals surface area contributed by atoms with E-state index in [2.05, 4.69) is 5.32 Å². The van der Waals surface area contributed by atoms with Crippen molar-refractivity contribution in [3.8, 4) is 0 Å². The van der Waals surface area contributed by atoms with Gasteiger partial charge in [-0.1, -0.05) is 24.3 Å². The van der Waals surface area contributed by atoms with E-state index in [4.69, 9.17) is 4.74 Å². The van der Waals surface area contributed by atoms with Crippen LogP contribution in [0.25, 0.3) is 6.08 Å². The second-order valence-electron chi connectivity index (χ2n) is 4.82. The number of esters is 1. The molecule has 0 unspecified atom stereocenters. The fourth-order valence-electron chi connectivity index (χ4n) is 1.85. The average Bonchev–Trinajstić information content (AvgIpc) is 2.59. The second-order valence-corrected chi connectivity index (χ2v) is 4.82. The first-order valence-corrected chi connectivity index (χ1v) is 7.09. The maximum absolute atomic E-state index is 12.8. The number of carbonyl (C=O) groups is 2. The van der Waals surface area contributed by atoms with Crippen LogP contribution in [0.1, 0.15) is 5.56 Å². The number of nitrogens with zero attached hydrogens (tertiary/aromatic N) is 1. The lowest BCUT2D eigenvalue weighted by Crippen LogP contribution is -2.20. The van der Waals surface area contributed by atoms with Crippen molar-refractivity contribution < 1.29 is 23.6 Å². The minimum Gasteiger partial charge on any atom is -0.452 e. The van der Waals surface area contributed by atoms with Crippen LogP contribution in [0, 0.1) is 15.9 Å². The summed E-state index contributed by atoms with van der Waals surface area (Å²) in [5, 5.41) is 13.2. The fourth-order valence-corrected chi connectivity index (χ4v) is 1.85. The van der Waals surface area contributed by atoms with Crippen molar-refractivity contribution >= 4 is 29.3 Å². The van der Waals surface area contributed by atoms with E-state index >= 15 is 0 Å². The molecule has 1 amide bonds. The van der Waals surface area contributed by atoms with Crippen LogP contribution in [0.15, 0.2) is 54.6 Å². The highest BCUT2D eigenvalue weighted by atomic mass is 19.1. The molecule has 0 heterocycles. The zero-order valence-electron chi connectivity index (χ0n) is 12.8. The Bertz CT molecular complexity index is 818. The Hall–Kier alpha value is -3.55. The van der Waals surface area contributed by atoms with Gasteiger partial charge < -0.3 is 10.1 Å². The predicted molar refractivity (Wildman–Crippen MR) is 88.1 cm³/mol. The van der Waals surface area contributed by atoms with Crippen molar-refractivity contribution in [1.29, 1.82) is 0 Å². The molecule has 2 aromatic rings. The molecule has 0 atom stereocenters. The molecule has 0 bridgehead atoms. The van der Waals surface area contributed by atoms with Crippen molar-refractivity contribution in [2.45, 2.75) is 0 Å². The molecule has 2 aromatic carbocycles. The Morgan fingerprint density at radius 2 is 1.84 bits per heavy atom. The number of rotatable bonds is 6. The molecule has 0 saturated carbocycles. The number of carbonyl (C=O) groups excluding carboxylic acids is 2. The summed E-state index contributed by atoms with van der Waals surface area (Å²) in [5.41, 5.74) is 0.330. The molecule has 2 rings (SSSR count). The topological polar surface area (TPSA) is 98.5 Å². The Balaban J connectivity index is 1.86. The fraction of sp³-hybridized carbons (Fsp3) is 0.0588. The number of hydrogen-bond acceptors (Lipinski definition) is 5. The van der Waals surface area contributed by atoms with Crippen LogP contribution in [0.4, 0.5) is 15.8 Å². The van der Waals surface area contributed by atoms with Gasteiger partial charge in [-0.3, -0.25) is 14.9 Å². The molecule has 128 valence electrons. The van der Waals surface area contributed by atoms with Crippen LogP contribution in [0.2, 0.25) is 0 Å². The van der Waals surface area contributed by atoms with Crippen molar-refractivity contribution in [3.05, 3.63) is 76.1 Å². The van der Waals surface area contributed by atoms with Crippen LogP contribution in [-0.2, 0) is 14.3 Å². The van der Waals surface area contributed by atoms with Crippen molar-refractivity contribution in [2.24, 2.45) is 0 Å². The molecule has 0 fully saturated rings. The normalized spacial score (nSPS) is 10.4. The molecular weight excluding hydrogens is 331 g/mol. The van der Waals surface area contributed by atoms with Gasteiger partial charge in [-0.05, 0) is 29.8 Å². The van der Waals surface area contributed by atoms with Gasteiger partial charge in [0.15, 0.2) is 6.61 Å². The van der Waals surface area contributed by atoms with Gasteiger partial charge in [0.1, 0.15) is 11.5 Å². The van der Waals surface area contributed by atoms with Crippen LogP contribution < -0.4 is 5.32 Å². The monoisotopic (exact) mass is 344 g/mol. The van der Waals surface area contributed by atoms with E-state index in [1.165, 1.54) is 54.6 Å². The van der Waals surface area contributed by atoms with Gasteiger partial charge in [0.25, 0.3) is 11.6 Å². The third-order valence-electron chi connectivity index (χ3n) is 3.00. The van der Waals surface area contributed by atoms with Gasteiger partial charge in [0.2, 0.25) is 0 Å². The lowest BCUT2D eigenvalue weighted by molar-refractivity contribution is -0.383. The van der Waals surface area contributed by atoms with Crippen LogP contribution in [-0.4, -0.2) is 23.4 Å². The number of halogens is 1. The second kappa shape index (κ2) is 8.34. The smallest absolute Gasteiger partial charge is 0.331 e. The van der Waals surface area contributed by atoms with E-state index < -0.39 is 29.2 Å². The molecule has 0 aliphatic carbocycles. The highest BCUT2D eigenvalue weighted by Gasteiger charge is 2.15. The first-order valence-electron chi connectivity index (χ1n) is 7.09. The Morgan fingerprint density at radius 1 is 1.16 bits per heavy atom. The molecule has 0 aliphatic rings. The minimum atomic E-state index is -0.776. The molecular formula is C17H13FN2O5. The molecule has 0 saturated heterocycles. The van der Waals surface area contributed by atoms with E-state index in [1.54, 1.807) is 0 Å². The maximum atomic E-state index is 12.8. The van der Waals surface area contributed by atoms with E-state index in [0.29, 0.717) is 5.56 Å². The summed E-state index contributed by atoms with van der Waals surface area (Å²) >= 11 is 0. The van der Waals surface area contributed by atoms with Crippen LogP contribution >= 0.6 is 0 Å². The van der Waals surface area contributed by atoms with E-state index in [0.717, 1.165) is 6.08 Å². The lowest BCUT2D eigenvalue weighted by atomic mass is 10.2. The highest BCUT2D eigenvalue weighted by Crippen LogP contribution is 2.22. The zero-order chi connectivity index (χ0) is 18.2. The van der Waals surface area contributed by atoms with Crippen molar-refractivity contribution in [2.75, 3.05) is 11.9 Å². The Labute approximate surface area is 141 Å². The standard InChI is InChI=1S/C17H13FN2O5/c18-13-8-5-12(6-9-13)7-10-17(22)25-11-16(21)19-14-3-1-2-4-15(14)20(23)24/h1-10H,11H2,(H,19,21)/b10-7+. The zero-order valence-corrected chi connectivity index (χ0v) is 12.8. The summed E-state index contributed by atoms with van der Waals surface area (Å²) in [4.78, 5) is 33.5. The van der Waals surface area contributed by atoms with Gasteiger partial charge in [-0.2, -0.15) is 0 Å². The number of nitro benzene ring substituents is 1. The molecule has 0 spiro atoms. The van der Waals surface area contributed by atoms with Gasteiger partial charge in [0.05, 0.1) is 4.92 Å². The van der Waals surface area contributed by atoms with Crippen molar-refractivity contribution in [1.82, 2.24) is 0 Å². The molecule has 0 aromatic heterocycles. The van der Waals surface area contributed by atoms with Crippen LogP contribution in [0.3, 0.4) is 0 Å². The number of para-hydroxylation sites is 2. The van der Waals surface area contributed by atoms with Gasteiger partial charge in [-0.25, -0.2) is 9.18 Å². The number of ether oxygens (including phenoxy) is 1. The first-order chi connectivity index (χ1) is 12.0. The summed E-state index contributed by atoms with van der Waals surface area (Å²) in [5.74, 6) is -1.88. The van der Waals surface area contributed by atoms with E-state index in [-0.39, 0.29) is 11.4 Å². The summed E-state index contributed by atoms with van der Waals surface area (Å²) in [6.07, 6.45) is 2.49. The maximum Gasteiger partial charge on any atom is 0.331 e. The van der Waals surface area contributed by atoms with E-state index in [9.17, 15) is 24.1 Å². The SMILES string of the molecule is O=C(COC(=O)/C=C/c1ccc(F)cc1)Nc1ccccc1[N+](=O)[O-]. The third-order valence-corrected chi connectivity index (χ3v) is 3.00. The summed E-state index contributed by atoms with van der Waals surface area (Å²) < 4.78 is 17.5. The first kappa shape index (κ1) is 17.8. The molecule has 1 N–H and O–H groups in total. The summed E-state index contributed by atoms with van der Waals surface area (Å²) in [6.45, 7) is -0.599. The Kier molecular flexibility index (Phi) is 5.94. The number of benzene rings is 2. The highest BCUT2D eigenvalue weighted by molar-refractivity contribution is 5.96. The molecule has 0 radical (unpaired) electrons. The van der Waals surface area contributed by atoms with Gasteiger partial charge in [-0.15, -0.1) is 0 Å². The Morgan fingerprint density at radius 3 is 2.52 bits per heavy atom. The molecule has 7 nitrogen and oxygen atoms in total. The molecule has 8 heteroatoms. The van der Waals surface area contributed by atoms with Crippen molar-refractivity contribution in [3.63, 3.8) is 0 Å². The number of nitro groups is 1. The number of nitrogens with one attached hydrogen (secondary N) is 1. The third kappa shape index (κ3) is 5.54. The largest absolute Gasteiger partial charge is 0.452 e.